The van der Waals surface area contributed by atoms with E-state index in [1.165, 1.54) is 29.3 Å². The van der Waals surface area contributed by atoms with Crippen LogP contribution in [-0.2, 0) is 6.42 Å². The first-order valence-electron chi connectivity index (χ1n) is 5.88. The fraction of sp³-hybridized carbons (Fsp3) is 0.538. The molecule has 1 N–H and O–H groups in total. The zero-order valence-corrected chi connectivity index (χ0v) is 12.1. The summed E-state index contributed by atoms with van der Waals surface area (Å²) in [5.41, 5.74) is 1.31. The molecule has 0 unspecified atom stereocenters. The van der Waals surface area contributed by atoms with Gasteiger partial charge in [-0.3, -0.25) is 0 Å². The van der Waals surface area contributed by atoms with Gasteiger partial charge in [-0.1, -0.05) is 34.5 Å². The third-order valence-corrected chi connectivity index (χ3v) is 3.49. The lowest BCUT2D eigenvalue weighted by atomic mass is 10.1. The quantitative estimate of drug-likeness (QED) is 0.735. The molecule has 0 saturated carbocycles. The van der Waals surface area contributed by atoms with Crippen LogP contribution in [0, 0.1) is 0 Å². The zero-order valence-electron chi connectivity index (χ0n) is 9.73. The molecule has 0 radical (unpaired) electrons. The van der Waals surface area contributed by atoms with E-state index in [2.05, 4.69) is 28.2 Å². The Labute approximate surface area is 112 Å². The van der Waals surface area contributed by atoms with Crippen LogP contribution in [0.3, 0.4) is 0 Å². The molecule has 16 heavy (non-hydrogen) atoms. The Morgan fingerprint density at radius 1 is 1.25 bits per heavy atom. The molecule has 0 spiro atoms. The van der Waals surface area contributed by atoms with Gasteiger partial charge in [0.15, 0.2) is 0 Å². The maximum Gasteiger partial charge on any atom is 0.0409 e. The van der Waals surface area contributed by atoms with Crippen LogP contribution in [0.5, 0.6) is 0 Å². The van der Waals surface area contributed by atoms with Crippen molar-refractivity contribution in [3.8, 4) is 0 Å². The van der Waals surface area contributed by atoms with Crippen LogP contribution >= 0.6 is 27.5 Å². The third-order valence-electron chi connectivity index (χ3n) is 2.48. The number of nitrogens with one attached hydrogen (secondary N) is 1. The Bertz CT molecular complexity index is 315. The van der Waals surface area contributed by atoms with Crippen molar-refractivity contribution in [1.29, 1.82) is 0 Å². The fourth-order valence-corrected chi connectivity index (χ4v) is 2.24. The Hall–Kier alpha value is -0.0500. The van der Waals surface area contributed by atoms with Crippen molar-refractivity contribution in [2.24, 2.45) is 0 Å². The first-order chi connectivity index (χ1) is 7.74. The number of unbranched alkanes of at least 4 members (excludes halogenated alkanes) is 1. The molecule has 0 aliphatic carbocycles. The van der Waals surface area contributed by atoms with Gasteiger partial charge in [0.25, 0.3) is 0 Å². The van der Waals surface area contributed by atoms with Crippen LogP contribution in [0.25, 0.3) is 0 Å². The number of halogens is 2. The summed E-state index contributed by atoms with van der Waals surface area (Å²) < 4.78 is 1.17. The standard InChI is InChI=1S/C13H19BrClN/c1-2-8-16-9-4-3-5-11-10-12(15)6-7-13(11)14/h6-7,10,16H,2-5,8-9H2,1H3. The molecule has 0 aliphatic heterocycles. The Morgan fingerprint density at radius 2 is 2.06 bits per heavy atom. The van der Waals surface area contributed by atoms with E-state index < -0.39 is 0 Å². The number of hydrogen-bond acceptors (Lipinski definition) is 1. The molecule has 0 amide bonds. The molecule has 90 valence electrons. The minimum Gasteiger partial charge on any atom is -0.317 e. The molecule has 1 aromatic rings. The summed E-state index contributed by atoms with van der Waals surface area (Å²) in [5.74, 6) is 0. The van der Waals surface area contributed by atoms with Crippen LogP contribution in [-0.4, -0.2) is 13.1 Å². The second-order valence-electron chi connectivity index (χ2n) is 3.94. The molecule has 0 bridgehead atoms. The van der Waals surface area contributed by atoms with Crippen molar-refractivity contribution >= 4 is 27.5 Å². The number of benzene rings is 1. The largest absolute Gasteiger partial charge is 0.317 e. The molecular formula is C13H19BrClN. The Morgan fingerprint density at radius 3 is 2.81 bits per heavy atom. The van der Waals surface area contributed by atoms with Crippen molar-refractivity contribution in [2.75, 3.05) is 13.1 Å². The van der Waals surface area contributed by atoms with Crippen LogP contribution < -0.4 is 5.32 Å². The molecule has 0 heterocycles. The Balaban J connectivity index is 2.23. The summed E-state index contributed by atoms with van der Waals surface area (Å²) in [5, 5.41) is 4.23. The van der Waals surface area contributed by atoms with Gasteiger partial charge in [0.1, 0.15) is 0 Å². The first kappa shape index (κ1) is 14.0. The molecule has 0 atom stereocenters. The van der Waals surface area contributed by atoms with E-state index in [0.29, 0.717) is 0 Å². The lowest BCUT2D eigenvalue weighted by Crippen LogP contribution is -2.15. The third kappa shape index (κ3) is 5.33. The molecule has 1 nitrogen and oxygen atoms in total. The summed E-state index contributed by atoms with van der Waals surface area (Å²) >= 11 is 9.52. The molecule has 0 saturated heterocycles. The van der Waals surface area contributed by atoms with Gasteiger partial charge in [0, 0.05) is 9.50 Å². The minimum absolute atomic E-state index is 0.822. The van der Waals surface area contributed by atoms with Gasteiger partial charge in [-0.2, -0.15) is 0 Å². The zero-order chi connectivity index (χ0) is 11.8. The van der Waals surface area contributed by atoms with E-state index in [1.807, 2.05) is 18.2 Å². The lowest BCUT2D eigenvalue weighted by molar-refractivity contribution is 0.616. The van der Waals surface area contributed by atoms with E-state index in [0.717, 1.165) is 24.5 Å². The van der Waals surface area contributed by atoms with Crippen LogP contribution in [0.15, 0.2) is 22.7 Å². The molecule has 0 aliphatic rings. The molecule has 3 heteroatoms. The second kappa shape index (κ2) is 8.10. The smallest absolute Gasteiger partial charge is 0.0409 e. The SMILES string of the molecule is CCCNCCCCc1cc(Cl)ccc1Br. The van der Waals surface area contributed by atoms with Gasteiger partial charge in [0.05, 0.1) is 0 Å². The molecular weight excluding hydrogens is 286 g/mol. The average molecular weight is 305 g/mol. The van der Waals surface area contributed by atoms with E-state index in [9.17, 15) is 0 Å². The summed E-state index contributed by atoms with van der Waals surface area (Å²) in [7, 11) is 0. The van der Waals surface area contributed by atoms with Gasteiger partial charge >= 0.3 is 0 Å². The van der Waals surface area contributed by atoms with Crippen LogP contribution in [0.4, 0.5) is 0 Å². The number of hydrogen-bond donors (Lipinski definition) is 1. The topological polar surface area (TPSA) is 12.0 Å². The average Bonchev–Trinajstić information content (AvgIpc) is 2.28. The van der Waals surface area contributed by atoms with E-state index in [4.69, 9.17) is 11.6 Å². The highest BCUT2D eigenvalue weighted by Crippen LogP contribution is 2.22. The first-order valence-corrected chi connectivity index (χ1v) is 7.05. The van der Waals surface area contributed by atoms with Gasteiger partial charge in [-0.05, 0) is 62.5 Å². The van der Waals surface area contributed by atoms with E-state index in [-0.39, 0.29) is 0 Å². The molecule has 0 aromatic heterocycles. The normalized spacial score (nSPS) is 10.7. The number of aryl methyl sites for hydroxylation is 1. The highest BCUT2D eigenvalue weighted by molar-refractivity contribution is 9.10. The maximum atomic E-state index is 5.96. The van der Waals surface area contributed by atoms with Crippen molar-refractivity contribution < 1.29 is 0 Å². The summed E-state index contributed by atoms with van der Waals surface area (Å²) in [4.78, 5) is 0. The van der Waals surface area contributed by atoms with Gasteiger partial charge < -0.3 is 5.32 Å². The van der Waals surface area contributed by atoms with Gasteiger partial charge in [0.2, 0.25) is 0 Å². The minimum atomic E-state index is 0.822. The highest BCUT2D eigenvalue weighted by Gasteiger charge is 2.00. The molecule has 1 aromatic carbocycles. The second-order valence-corrected chi connectivity index (χ2v) is 5.23. The molecule has 1 rings (SSSR count). The van der Waals surface area contributed by atoms with Crippen molar-refractivity contribution in [2.45, 2.75) is 32.6 Å². The predicted octanol–water partition coefficient (Wildman–Crippen LogP) is 4.42. The van der Waals surface area contributed by atoms with E-state index >= 15 is 0 Å². The molecule has 0 fully saturated rings. The monoisotopic (exact) mass is 303 g/mol. The highest BCUT2D eigenvalue weighted by atomic mass is 79.9. The van der Waals surface area contributed by atoms with Gasteiger partial charge in [-0.25, -0.2) is 0 Å². The van der Waals surface area contributed by atoms with Crippen molar-refractivity contribution in [3.63, 3.8) is 0 Å². The van der Waals surface area contributed by atoms with Crippen molar-refractivity contribution in [1.82, 2.24) is 5.32 Å². The van der Waals surface area contributed by atoms with Crippen LogP contribution in [0.1, 0.15) is 31.7 Å². The summed E-state index contributed by atoms with van der Waals surface area (Å²) in [6.07, 6.45) is 4.73. The fourth-order valence-electron chi connectivity index (χ4n) is 1.60. The lowest BCUT2D eigenvalue weighted by Gasteiger charge is -2.06. The summed E-state index contributed by atoms with van der Waals surface area (Å²) in [6, 6.07) is 5.98. The van der Waals surface area contributed by atoms with Gasteiger partial charge in [-0.15, -0.1) is 0 Å². The van der Waals surface area contributed by atoms with E-state index in [1.54, 1.807) is 0 Å². The Kier molecular flexibility index (Phi) is 7.10. The summed E-state index contributed by atoms with van der Waals surface area (Å²) in [6.45, 7) is 4.43. The van der Waals surface area contributed by atoms with Crippen molar-refractivity contribution in [3.05, 3.63) is 33.3 Å². The maximum absolute atomic E-state index is 5.96. The number of rotatable bonds is 7. The van der Waals surface area contributed by atoms with Crippen LogP contribution in [0.2, 0.25) is 5.02 Å². The predicted molar refractivity (Wildman–Crippen MR) is 75.3 cm³/mol.